The molecule has 0 radical (unpaired) electrons. The molecule has 0 saturated heterocycles. The summed E-state index contributed by atoms with van der Waals surface area (Å²) in [6, 6.07) is 0. The van der Waals surface area contributed by atoms with Gasteiger partial charge in [-0.25, -0.2) is 0 Å². The number of hydrogen-bond acceptors (Lipinski definition) is 6. The second-order valence-electron chi connectivity index (χ2n) is 4.36. The van der Waals surface area contributed by atoms with E-state index in [9.17, 15) is 14.4 Å². The lowest BCUT2D eigenvalue weighted by Gasteiger charge is -2.34. The second-order valence-corrected chi connectivity index (χ2v) is 4.36. The van der Waals surface area contributed by atoms with Crippen molar-refractivity contribution in [2.45, 2.75) is 25.7 Å². The summed E-state index contributed by atoms with van der Waals surface area (Å²) >= 11 is 0. The molecule has 0 aliphatic heterocycles. The number of ether oxygens (including phenoxy) is 3. The molecule has 0 amide bonds. The van der Waals surface area contributed by atoms with E-state index in [2.05, 4.69) is 14.2 Å². The van der Waals surface area contributed by atoms with Gasteiger partial charge in [-0.1, -0.05) is 0 Å². The van der Waals surface area contributed by atoms with E-state index in [1.807, 2.05) is 0 Å². The largest absolute Gasteiger partial charge is 0.469 e. The predicted molar refractivity (Wildman–Crippen MR) is 60.4 cm³/mol. The third kappa shape index (κ3) is 2.47. The molecule has 0 spiro atoms. The molecule has 1 fully saturated rings. The molecule has 1 saturated carbocycles. The van der Waals surface area contributed by atoms with Gasteiger partial charge in [0, 0.05) is 0 Å². The van der Waals surface area contributed by atoms with Crippen LogP contribution in [0.1, 0.15) is 25.7 Å². The van der Waals surface area contributed by atoms with E-state index in [-0.39, 0.29) is 24.7 Å². The Kier molecular flexibility index (Phi) is 4.69. The maximum absolute atomic E-state index is 11.8. The SMILES string of the molecule is COC(=O)C1CCC(C(=O)OC)(C(=O)OC)CC1. The maximum atomic E-state index is 11.8. The Hall–Kier alpha value is -1.59. The fourth-order valence-electron chi connectivity index (χ4n) is 2.40. The van der Waals surface area contributed by atoms with Crippen LogP contribution in [0.4, 0.5) is 0 Å². The van der Waals surface area contributed by atoms with Gasteiger partial charge >= 0.3 is 17.9 Å². The summed E-state index contributed by atoms with van der Waals surface area (Å²) in [6.45, 7) is 0. The van der Waals surface area contributed by atoms with Gasteiger partial charge in [-0.3, -0.25) is 14.4 Å². The van der Waals surface area contributed by atoms with Gasteiger partial charge in [0.2, 0.25) is 0 Å². The van der Waals surface area contributed by atoms with E-state index in [0.29, 0.717) is 12.8 Å². The Bertz CT molecular complexity index is 322. The van der Waals surface area contributed by atoms with Crippen LogP contribution >= 0.6 is 0 Å². The Balaban J connectivity index is 2.83. The highest BCUT2D eigenvalue weighted by Crippen LogP contribution is 2.41. The molecule has 1 aliphatic carbocycles. The molecule has 1 aliphatic rings. The minimum Gasteiger partial charge on any atom is -0.469 e. The number of carbonyl (C=O) groups is 3. The van der Waals surface area contributed by atoms with Crippen molar-refractivity contribution in [1.82, 2.24) is 0 Å². The van der Waals surface area contributed by atoms with Crippen LogP contribution in [0.5, 0.6) is 0 Å². The Morgan fingerprint density at radius 3 is 1.67 bits per heavy atom. The Labute approximate surface area is 106 Å². The monoisotopic (exact) mass is 258 g/mol. The summed E-state index contributed by atoms with van der Waals surface area (Å²) in [5, 5.41) is 0. The minimum absolute atomic E-state index is 0.242. The minimum atomic E-state index is -1.27. The molecule has 6 nitrogen and oxygen atoms in total. The zero-order valence-corrected chi connectivity index (χ0v) is 10.9. The smallest absolute Gasteiger partial charge is 0.323 e. The van der Waals surface area contributed by atoms with Gasteiger partial charge in [0.15, 0.2) is 5.41 Å². The fourth-order valence-corrected chi connectivity index (χ4v) is 2.40. The Morgan fingerprint density at radius 1 is 0.889 bits per heavy atom. The molecule has 0 unspecified atom stereocenters. The van der Waals surface area contributed by atoms with Crippen LogP contribution in [-0.2, 0) is 28.6 Å². The molecule has 1 rings (SSSR count). The highest BCUT2D eigenvalue weighted by Gasteiger charge is 2.51. The summed E-state index contributed by atoms with van der Waals surface area (Å²) in [4.78, 5) is 35.0. The van der Waals surface area contributed by atoms with Crippen molar-refractivity contribution in [3.63, 3.8) is 0 Å². The van der Waals surface area contributed by atoms with Crippen molar-refractivity contribution in [1.29, 1.82) is 0 Å². The molecule has 0 atom stereocenters. The van der Waals surface area contributed by atoms with Crippen LogP contribution in [0.3, 0.4) is 0 Å². The van der Waals surface area contributed by atoms with Crippen molar-refractivity contribution in [2.24, 2.45) is 11.3 Å². The average Bonchev–Trinajstić information content (AvgIpc) is 2.44. The lowest BCUT2D eigenvalue weighted by molar-refractivity contribution is -0.174. The van der Waals surface area contributed by atoms with Crippen molar-refractivity contribution >= 4 is 17.9 Å². The van der Waals surface area contributed by atoms with Gasteiger partial charge in [0.05, 0.1) is 27.2 Å². The molecular formula is C12H18O6. The Morgan fingerprint density at radius 2 is 1.33 bits per heavy atom. The lowest BCUT2D eigenvalue weighted by Crippen LogP contribution is -2.45. The molecule has 0 heterocycles. The summed E-state index contributed by atoms with van der Waals surface area (Å²) < 4.78 is 14.0. The third-order valence-corrected chi connectivity index (χ3v) is 3.53. The first-order valence-electron chi connectivity index (χ1n) is 5.76. The third-order valence-electron chi connectivity index (χ3n) is 3.53. The van der Waals surface area contributed by atoms with Crippen molar-refractivity contribution in [3.05, 3.63) is 0 Å². The van der Waals surface area contributed by atoms with Crippen LogP contribution in [0.15, 0.2) is 0 Å². The molecule has 0 aromatic heterocycles. The van der Waals surface area contributed by atoms with Crippen LogP contribution < -0.4 is 0 Å². The lowest BCUT2D eigenvalue weighted by atomic mass is 9.70. The van der Waals surface area contributed by atoms with E-state index in [1.165, 1.54) is 21.3 Å². The average molecular weight is 258 g/mol. The quantitative estimate of drug-likeness (QED) is 0.421. The van der Waals surface area contributed by atoms with Crippen molar-refractivity contribution in [2.75, 3.05) is 21.3 Å². The molecule has 18 heavy (non-hydrogen) atoms. The molecule has 0 aromatic carbocycles. The summed E-state index contributed by atoms with van der Waals surface area (Å²) in [6.07, 6.45) is 1.31. The first kappa shape index (κ1) is 14.5. The van der Waals surface area contributed by atoms with Crippen LogP contribution in [0, 0.1) is 11.3 Å². The highest BCUT2D eigenvalue weighted by molar-refractivity contribution is 6.00. The zero-order valence-electron chi connectivity index (χ0n) is 10.9. The first-order valence-corrected chi connectivity index (χ1v) is 5.76. The second kappa shape index (κ2) is 5.84. The van der Waals surface area contributed by atoms with Gasteiger partial charge < -0.3 is 14.2 Å². The highest BCUT2D eigenvalue weighted by atomic mass is 16.5. The summed E-state index contributed by atoms with van der Waals surface area (Å²) in [7, 11) is 3.80. The van der Waals surface area contributed by atoms with E-state index in [0.717, 1.165) is 0 Å². The molecule has 102 valence electrons. The number of carbonyl (C=O) groups excluding carboxylic acids is 3. The summed E-state index contributed by atoms with van der Waals surface area (Å²) in [5.41, 5.74) is -1.27. The topological polar surface area (TPSA) is 78.9 Å². The van der Waals surface area contributed by atoms with Gasteiger partial charge in [-0.2, -0.15) is 0 Å². The van der Waals surface area contributed by atoms with Gasteiger partial charge in [0.25, 0.3) is 0 Å². The van der Waals surface area contributed by atoms with E-state index in [4.69, 9.17) is 0 Å². The van der Waals surface area contributed by atoms with Gasteiger partial charge in [0.1, 0.15) is 0 Å². The predicted octanol–water partition coefficient (Wildman–Crippen LogP) is 0.682. The van der Waals surface area contributed by atoms with E-state index < -0.39 is 17.4 Å². The molecular weight excluding hydrogens is 240 g/mol. The van der Waals surface area contributed by atoms with Crippen molar-refractivity contribution in [3.8, 4) is 0 Å². The fraction of sp³-hybridized carbons (Fsp3) is 0.750. The molecule has 6 heteroatoms. The number of esters is 3. The zero-order chi connectivity index (χ0) is 13.8. The van der Waals surface area contributed by atoms with E-state index in [1.54, 1.807) is 0 Å². The number of rotatable bonds is 3. The maximum Gasteiger partial charge on any atom is 0.323 e. The molecule has 0 N–H and O–H groups in total. The molecule has 0 aromatic rings. The normalized spacial score (nSPS) is 18.8. The van der Waals surface area contributed by atoms with Gasteiger partial charge in [-0.05, 0) is 25.7 Å². The number of hydrogen-bond donors (Lipinski definition) is 0. The van der Waals surface area contributed by atoms with Crippen LogP contribution in [-0.4, -0.2) is 39.2 Å². The first-order chi connectivity index (χ1) is 8.51. The molecule has 0 bridgehead atoms. The van der Waals surface area contributed by atoms with E-state index >= 15 is 0 Å². The van der Waals surface area contributed by atoms with Crippen molar-refractivity contribution < 1.29 is 28.6 Å². The van der Waals surface area contributed by atoms with Crippen LogP contribution in [0.2, 0.25) is 0 Å². The van der Waals surface area contributed by atoms with Gasteiger partial charge in [-0.15, -0.1) is 0 Å². The standard InChI is InChI=1S/C12H18O6/c1-16-9(13)8-4-6-12(7-5-8,10(14)17-2)11(15)18-3/h8H,4-7H2,1-3H3. The summed E-state index contributed by atoms with van der Waals surface area (Å²) in [5.74, 6) is -1.77. The van der Waals surface area contributed by atoms with Crippen LogP contribution in [0.25, 0.3) is 0 Å². The number of methoxy groups -OCH3 is 3.